The maximum absolute atomic E-state index is 12.2. The molecular formula is C19H30N2O3. The van der Waals surface area contributed by atoms with Crippen molar-refractivity contribution in [1.82, 2.24) is 10.6 Å². The molecule has 0 saturated heterocycles. The molecule has 5 rings (SSSR count). The standard InChI is InChI=1S/C19H30N2O3/c1-24-19(14-7-12-6-13(9-14)10-15(19)8-12)11-20-17(22)18(23)21-16-4-2-3-5-16/h12-16H,2-11H2,1H3,(H,20,22)(H,21,23). The Morgan fingerprint density at radius 3 is 2.08 bits per heavy atom. The number of methoxy groups -OCH3 is 1. The van der Waals surface area contributed by atoms with E-state index in [0.29, 0.717) is 18.4 Å². The van der Waals surface area contributed by atoms with Crippen LogP contribution in [0.25, 0.3) is 0 Å². The van der Waals surface area contributed by atoms with Crippen molar-refractivity contribution in [2.24, 2.45) is 23.7 Å². The van der Waals surface area contributed by atoms with Gasteiger partial charge in [-0.05, 0) is 68.6 Å². The van der Waals surface area contributed by atoms with Gasteiger partial charge >= 0.3 is 11.8 Å². The SMILES string of the molecule is COC1(CNC(=O)C(=O)NC2CCCC2)C2CC3CC(C2)CC1C3. The maximum atomic E-state index is 12.2. The van der Waals surface area contributed by atoms with Gasteiger partial charge in [0.2, 0.25) is 0 Å². The van der Waals surface area contributed by atoms with Crippen LogP contribution in [0.3, 0.4) is 0 Å². The van der Waals surface area contributed by atoms with Crippen LogP contribution in [0.4, 0.5) is 0 Å². The third-order valence-electron chi connectivity index (χ3n) is 7.32. The Hall–Kier alpha value is -1.10. The fourth-order valence-electron chi connectivity index (χ4n) is 6.30. The summed E-state index contributed by atoms with van der Waals surface area (Å²) in [5.74, 6) is 1.83. The zero-order valence-electron chi connectivity index (χ0n) is 14.7. The topological polar surface area (TPSA) is 67.4 Å². The molecule has 5 aliphatic rings. The Morgan fingerprint density at radius 2 is 1.54 bits per heavy atom. The van der Waals surface area contributed by atoms with Crippen molar-refractivity contribution >= 4 is 11.8 Å². The zero-order chi connectivity index (χ0) is 16.7. The average Bonchev–Trinajstić information content (AvgIpc) is 3.07. The van der Waals surface area contributed by atoms with E-state index in [1.165, 1.54) is 32.1 Å². The van der Waals surface area contributed by atoms with Gasteiger partial charge in [0.15, 0.2) is 0 Å². The molecule has 0 heterocycles. The highest BCUT2D eigenvalue weighted by atomic mass is 16.5. The Morgan fingerprint density at radius 1 is 0.958 bits per heavy atom. The van der Waals surface area contributed by atoms with Crippen molar-refractivity contribution in [3.63, 3.8) is 0 Å². The van der Waals surface area contributed by atoms with Crippen molar-refractivity contribution < 1.29 is 14.3 Å². The summed E-state index contributed by atoms with van der Waals surface area (Å²) in [6.07, 6.45) is 10.6. The number of hydrogen-bond donors (Lipinski definition) is 2. The van der Waals surface area contributed by atoms with E-state index in [9.17, 15) is 9.59 Å². The summed E-state index contributed by atoms with van der Waals surface area (Å²) in [7, 11) is 1.78. The molecule has 0 aliphatic heterocycles. The first-order chi connectivity index (χ1) is 11.6. The minimum Gasteiger partial charge on any atom is -0.376 e. The number of rotatable bonds is 4. The Labute approximate surface area is 144 Å². The maximum Gasteiger partial charge on any atom is 0.309 e. The van der Waals surface area contributed by atoms with Gasteiger partial charge in [-0.25, -0.2) is 0 Å². The molecule has 0 radical (unpaired) electrons. The number of ether oxygens (including phenoxy) is 1. The lowest BCUT2D eigenvalue weighted by molar-refractivity contribution is -0.188. The third kappa shape index (κ3) is 2.75. The van der Waals surface area contributed by atoms with Gasteiger partial charge in [0.1, 0.15) is 0 Å². The van der Waals surface area contributed by atoms with Crippen LogP contribution in [0, 0.1) is 23.7 Å². The third-order valence-corrected chi connectivity index (χ3v) is 7.32. The van der Waals surface area contributed by atoms with Gasteiger partial charge in [-0.15, -0.1) is 0 Å². The second-order valence-electron chi connectivity index (χ2n) is 8.60. The van der Waals surface area contributed by atoms with E-state index in [1.54, 1.807) is 7.11 Å². The molecule has 24 heavy (non-hydrogen) atoms. The molecule has 5 nitrogen and oxygen atoms in total. The monoisotopic (exact) mass is 334 g/mol. The Bertz CT molecular complexity index is 485. The van der Waals surface area contributed by atoms with Crippen LogP contribution in [0.2, 0.25) is 0 Å². The van der Waals surface area contributed by atoms with E-state index in [-0.39, 0.29) is 11.6 Å². The highest BCUT2D eigenvalue weighted by Gasteiger charge is 2.57. The van der Waals surface area contributed by atoms with Gasteiger partial charge in [0.25, 0.3) is 0 Å². The summed E-state index contributed by atoms with van der Waals surface area (Å²) in [6.45, 7) is 0.481. The van der Waals surface area contributed by atoms with Crippen LogP contribution in [-0.4, -0.2) is 37.1 Å². The zero-order valence-corrected chi connectivity index (χ0v) is 14.7. The highest BCUT2D eigenvalue weighted by molar-refractivity contribution is 6.35. The van der Waals surface area contributed by atoms with Crippen molar-refractivity contribution in [2.75, 3.05) is 13.7 Å². The lowest BCUT2D eigenvalue weighted by Gasteiger charge is -2.60. The number of carbonyl (C=O) groups excluding carboxylic acids is 2. The molecule has 2 amide bonds. The van der Waals surface area contributed by atoms with E-state index in [1.807, 2.05) is 0 Å². The fourth-order valence-corrected chi connectivity index (χ4v) is 6.30. The summed E-state index contributed by atoms with van der Waals surface area (Å²) < 4.78 is 6.03. The van der Waals surface area contributed by atoms with Gasteiger partial charge in [-0.2, -0.15) is 0 Å². The predicted octanol–water partition coefficient (Wildman–Crippen LogP) is 2.00. The smallest absolute Gasteiger partial charge is 0.309 e. The first-order valence-corrected chi connectivity index (χ1v) is 9.74. The molecule has 0 aromatic rings. The molecule has 5 heteroatoms. The number of hydrogen-bond acceptors (Lipinski definition) is 3. The molecule has 5 aliphatic carbocycles. The molecular weight excluding hydrogens is 304 g/mol. The van der Waals surface area contributed by atoms with Crippen LogP contribution in [0.15, 0.2) is 0 Å². The normalized spacial score (nSPS) is 40.7. The number of nitrogens with one attached hydrogen (secondary N) is 2. The lowest BCUT2D eigenvalue weighted by atomic mass is 9.49. The Kier molecular flexibility index (Phi) is 4.31. The first-order valence-electron chi connectivity index (χ1n) is 9.74. The van der Waals surface area contributed by atoms with E-state index in [2.05, 4.69) is 10.6 Å². The first kappa shape index (κ1) is 16.4. The quantitative estimate of drug-likeness (QED) is 0.773. The summed E-state index contributed by atoms with van der Waals surface area (Å²) in [6, 6.07) is 0.181. The van der Waals surface area contributed by atoms with Gasteiger partial charge < -0.3 is 15.4 Å². The summed E-state index contributed by atoms with van der Waals surface area (Å²) in [5, 5.41) is 5.77. The number of carbonyl (C=O) groups is 2. The fraction of sp³-hybridized carbons (Fsp3) is 0.895. The minimum absolute atomic E-state index is 0.181. The second kappa shape index (κ2) is 6.32. The van der Waals surface area contributed by atoms with Crippen LogP contribution in [-0.2, 0) is 14.3 Å². The van der Waals surface area contributed by atoms with Crippen LogP contribution in [0.1, 0.15) is 57.8 Å². The molecule has 0 aromatic heterocycles. The minimum atomic E-state index is -0.493. The van der Waals surface area contributed by atoms with Crippen molar-refractivity contribution in [1.29, 1.82) is 0 Å². The van der Waals surface area contributed by atoms with Crippen LogP contribution >= 0.6 is 0 Å². The Balaban J connectivity index is 1.36. The van der Waals surface area contributed by atoms with Gasteiger partial charge in [-0.3, -0.25) is 9.59 Å². The predicted molar refractivity (Wildman–Crippen MR) is 90.2 cm³/mol. The summed E-state index contributed by atoms with van der Waals surface area (Å²) >= 11 is 0. The van der Waals surface area contributed by atoms with Gasteiger partial charge in [-0.1, -0.05) is 12.8 Å². The van der Waals surface area contributed by atoms with E-state index >= 15 is 0 Å². The molecule has 5 fully saturated rings. The second-order valence-corrected chi connectivity index (χ2v) is 8.60. The summed E-state index contributed by atoms with van der Waals surface area (Å²) in [5.41, 5.74) is -0.253. The molecule has 0 spiro atoms. The van der Waals surface area contributed by atoms with E-state index in [0.717, 1.165) is 37.5 Å². The van der Waals surface area contributed by atoms with Gasteiger partial charge in [0, 0.05) is 19.7 Å². The van der Waals surface area contributed by atoms with Crippen molar-refractivity contribution in [3.05, 3.63) is 0 Å². The van der Waals surface area contributed by atoms with Crippen LogP contribution in [0.5, 0.6) is 0 Å². The molecule has 0 aromatic carbocycles. The molecule has 5 saturated carbocycles. The van der Waals surface area contributed by atoms with Crippen molar-refractivity contribution in [2.45, 2.75) is 69.4 Å². The van der Waals surface area contributed by atoms with E-state index < -0.39 is 11.8 Å². The van der Waals surface area contributed by atoms with Crippen molar-refractivity contribution in [3.8, 4) is 0 Å². The average molecular weight is 334 g/mol. The van der Waals surface area contributed by atoms with Crippen LogP contribution < -0.4 is 10.6 Å². The number of amides is 2. The molecule has 2 N–H and O–H groups in total. The molecule has 134 valence electrons. The summed E-state index contributed by atoms with van der Waals surface area (Å²) in [4.78, 5) is 24.4. The molecule has 0 unspecified atom stereocenters. The largest absolute Gasteiger partial charge is 0.376 e. The lowest BCUT2D eigenvalue weighted by Crippen LogP contribution is -2.63. The molecule has 4 bridgehead atoms. The highest BCUT2D eigenvalue weighted by Crippen LogP contribution is 2.59. The molecule has 0 atom stereocenters. The van der Waals surface area contributed by atoms with E-state index in [4.69, 9.17) is 4.74 Å². The van der Waals surface area contributed by atoms with Gasteiger partial charge in [0.05, 0.1) is 5.60 Å².